The molecular weight excluding hydrogens is 338 g/mol. The number of benzene rings is 1. The van der Waals surface area contributed by atoms with Crippen LogP contribution in [0.1, 0.15) is 19.8 Å². The third-order valence-electron chi connectivity index (χ3n) is 4.44. The highest BCUT2D eigenvalue weighted by molar-refractivity contribution is 5.73. The van der Waals surface area contributed by atoms with Crippen molar-refractivity contribution in [3.05, 3.63) is 18.2 Å². The molecule has 1 aromatic carbocycles. The van der Waals surface area contributed by atoms with Crippen LogP contribution in [0.5, 0.6) is 11.5 Å². The Morgan fingerprint density at radius 1 is 1.27 bits per heavy atom. The zero-order valence-electron chi connectivity index (χ0n) is 15.2. The largest absolute Gasteiger partial charge is 0.493 e. The minimum Gasteiger partial charge on any atom is -0.493 e. The molecule has 1 aromatic heterocycles. The van der Waals surface area contributed by atoms with Crippen LogP contribution >= 0.6 is 0 Å². The average Bonchev–Trinajstić information content (AvgIpc) is 3.17. The molecule has 2 heterocycles. The second-order valence-corrected chi connectivity index (χ2v) is 5.96. The standard InChI is InChI=1S/C18H23N3O5/c1-4-25-17(22)12-8-10-21(11-9-12)18-19-16(20-26-18)13-6-5-7-14(23-2)15(13)24-3/h5-7,12H,4,8-11H2,1-3H3. The van der Waals surface area contributed by atoms with Gasteiger partial charge in [0.05, 0.1) is 32.3 Å². The number of carbonyl (C=O) groups excluding carboxylic acids is 1. The van der Waals surface area contributed by atoms with Gasteiger partial charge in [-0.3, -0.25) is 4.79 Å². The maximum absolute atomic E-state index is 11.8. The number of carbonyl (C=O) groups is 1. The first-order chi connectivity index (χ1) is 12.7. The van der Waals surface area contributed by atoms with Crippen molar-refractivity contribution in [1.29, 1.82) is 0 Å². The van der Waals surface area contributed by atoms with Gasteiger partial charge in [-0.25, -0.2) is 0 Å². The van der Waals surface area contributed by atoms with E-state index < -0.39 is 0 Å². The summed E-state index contributed by atoms with van der Waals surface area (Å²) in [6, 6.07) is 5.94. The minimum absolute atomic E-state index is 0.0629. The Morgan fingerprint density at radius 3 is 2.69 bits per heavy atom. The lowest BCUT2D eigenvalue weighted by Crippen LogP contribution is -2.37. The molecule has 1 saturated heterocycles. The minimum atomic E-state index is -0.125. The van der Waals surface area contributed by atoms with Gasteiger partial charge in [0.25, 0.3) is 0 Å². The molecule has 0 bridgehead atoms. The fourth-order valence-electron chi connectivity index (χ4n) is 3.08. The number of aromatic nitrogens is 2. The molecule has 2 aromatic rings. The summed E-state index contributed by atoms with van der Waals surface area (Å²) >= 11 is 0. The molecule has 1 fully saturated rings. The van der Waals surface area contributed by atoms with E-state index in [1.165, 1.54) is 0 Å². The number of piperidine rings is 1. The molecule has 8 nitrogen and oxygen atoms in total. The van der Waals surface area contributed by atoms with Crippen LogP contribution in [-0.2, 0) is 9.53 Å². The molecule has 0 saturated carbocycles. The summed E-state index contributed by atoms with van der Waals surface area (Å²) in [5.41, 5.74) is 0.697. The van der Waals surface area contributed by atoms with Crippen molar-refractivity contribution < 1.29 is 23.5 Å². The van der Waals surface area contributed by atoms with Crippen molar-refractivity contribution in [3.63, 3.8) is 0 Å². The average molecular weight is 361 g/mol. The Hall–Kier alpha value is -2.77. The van der Waals surface area contributed by atoms with Crippen LogP contribution in [0.25, 0.3) is 11.4 Å². The molecular formula is C18H23N3O5. The van der Waals surface area contributed by atoms with E-state index in [-0.39, 0.29) is 11.9 Å². The first kappa shape index (κ1) is 18.0. The Morgan fingerprint density at radius 2 is 2.04 bits per heavy atom. The third-order valence-corrected chi connectivity index (χ3v) is 4.44. The number of para-hydroxylation sites is 1. The van der Waals surface area contributed by atoms with Gasteiger partial charge in [0, 0.05) is 13.1 Å². The summed E-state index contributed by atoms with van der Waals surface area (Å²) in [5.74, 6) is 1.41. The molecule has 1 aliphatic heterocycles. The van der Waals surface area contributed by atoms with Gasteiger partial charge in [0.2, 0.25) is 5.82 Å². The predicted octanol–water partition coefficient (Wildman–Crippen LogP) is 2.53. The van der Waals surface area contributed by atoms with Gasteiger partial charge < -0.3 is 23.6 Å². The number of methoxy groups -OCH3 is 2. The summed E-state index contributed by atoms with van der Waals surface area (Å²) in [5, 5.41) is 4.07. The first-order valence-corrected chi connectivity index (χ1v) is 8.64. The molecule has 0 aliphatic carbocycles. The van der Waals surface area contributed by atoms with E-state index in [2.05, 4.69) is 10.1 Å². The molecule has 1 aliphatic rings. The van der Waals surface area contributed by atoms with Crippen LogP contribution in [-0.4, -0.2) is 50.0 Å². The van der Waals surface area contributed by atoms with E-state index >= 15 is 0 Å². The Bertz CT molecular complexity index is 753. The second kappa shape index (κ2) is 8.07. The van der Waals surface area contributed by atoms with Gasteiger partial charge in [-0.15, -0.1) is 0 Å². The number of esters is 1. The summed E-state index contributed by atoms with van der Waals surface area (Å²) in [6.45, 7) is 3.56. The Labute approximate surface area is 152 Å². The van der Waals surface area contributed by atoms with Crippen LogP contribution in [0.4, 0.5) is 6.01 Å². The number of hydrogen-bond acceptors (Lipinski definition) is 8. The second-order valence-electron chi connectivity index (χ2n) is 5.96. The molecule has 26 heavy (non-hydrogen) atoms. The van der Waals surface area contributed by atoms with Crippen molar-refractivity contribution in [2.24, 2.45) is 5.92 Å². The molecule has 0 radical (unpaired) electrons. The van der Waals surface area contributed by atoms with Gasteiger partial charge >= 0.3 is 12.0 Å². The highest BCUT2D eigenvalue weighted by atomic mass is 16.5. The lowest BCUT2D eigenvalue weighted by molar-refractivity contribution is -0.148. The smallest absolute Gasteiger partial charge is 0.324 e. The van der Waals surface area contributed by atoms with E-state index in [4.69, 9.17) is 18.7 Å². The van der Waals surface area contributed by atoms with Gasteiger partial charge in [0.15, 0.2) is 11.5 Å². The van der Waals surface area contributed by atoms with E-state index in [0.29, 0.717) is 61.4 Å². The zero-order valence-corrected chi connectivity index (χ0v) is 15.2. The van der Waals surface area contributed by atoms with Gasteiger partial charge in [-0.2, -0.15) is 4.98 Å². The quantitative estimate of drug-likeness (QED) is 0.726. The molecule has 0 spiro atoms. The summed E-state index contributed by atoms with van der Waals surface area (Å²) in [7, 11) is 3.15. The number of hydrogen-bond donors (Lipinski definition) is 0. The zero-order chi connectivity index (χ0) is 18.5. The fourth-order valence-corrected chi connectivity index (χ4v) is 3.08. The molecule has 8 heteroatoms. The van der Waals surface area contributed by atoms with E-state index in [1.807, 2.05) is 30.0 Å². The van der Waals surface area contributed by atoms with E-state index in [1.54, 1.807) is 14.2 Å². The van der Waals surface area contributed by atoms with E-state index in [9.17, 15) is 4.79 Å². The monoisotopic (exact) mass is 361 g/mol. The van der Waals surface area contributed by atoms with Crippen molar-refractivity contribution in [3.8, 4) is 22.9 Å². The van der Waals surface area contributed by atoms with Crippen LogP contribution in [0.3, 0.4) is 0 Å². The molecule has 0 amide bonds. The summed E-state index contributed by atoms with van der Waals surface area (Å²) < 4.78 is 21.3. The predicted molar refractivity (Wildman–Crippen MR) is 94.4 cm³/mol. The third kappa shape index (κ3) is 3.58. The number of nitrogens with zero attached hydrogens (tertiary/aromatic N) is 3. The van der Waals surface area contributed by atoms with Crippen molar-refractivity contribution in [1.82, 2.24) is 10.1 Å². The number of rotatable bonds is 6. The Kier molecular flexibility index (Phi) is 5.60. The molecule has 0 atom stereocenters. The highest BCUT2D eigenvalue weighted by Crippen LogP contribution is 2.37. The topological polar surface area (TPSA) is 86.9 Å². The van der Waals surface area contributed by atoms with Crippen LogP contribution in [0.15, 0.2) is 22.7 Å². The SMILES string of the molecule is CCOC(=O)C1CCN(c2nc(-c3cccc(OC)c3OC)no2)CC1. The van der Waals surface area contributed by atoms with Crippen molar-refractivity contribution in [2.45, 2.75) is 19.8 Å². The van der Waals surface area contributed by atoms with Crippen molar-refractivity contribution in [2.75, 3.05) is 38.8 Å². The summed E-state index contributed by atoms with van der Waals surface area (Å²) in [4.78, 5) is 18.3. The van der Waals surface area contributed by atoms with Crippen molar-refractivity contribution >= 4 is 12.0 Å². The molecule has 3 rings (SSSR count). The van der Waals surface area contributed by atoms with Crippen LogP contribution < -0.4 is 14.4 Å². The van der Waals surface area contributed by atoms with Crippen LogP contribution in [0, 0.1) is 5.92 Å². The van der Waals surface area contributed by atoms with Gasteiger partial charge in [0.1, 0.15) is 0 Å². The molecule has 140 valence electrons. The maximum Gasteiger partial charge on any atom is 0.324 e. The fraction of sp³-hybridized carbons (Fsp3) is 0.500. The lowest BCUT2D eigenvalue weighted by atomic mass is 9.97. The van der Waals surface area contributed by atoms with E-state index in [0.717, 1.165) is 0 Å². The normalized spacial score (nSPS) is 15.0. The number of ether oxygens (including phenoxy) is 3. The lowest BCUT2D eigenvalue weighted by Gasteiger charge is -2.29. The van der Waals surface area contributed by atoms with Crippen LogP contribution in [0.2, 0.25) is 0 Å². The van der Waals surface area contributed by atoms with Gasteiger partial charge in [-0.1, -0.05) is 11.2 Å². The first-order valence-electron chi connectivity index (χ1n) is 8.64. The Balaban J connectivity index is 1.73. The molecule has 0 unspecified atom stereocenters. The highest BCUT2D eigenvalue weighted by Gasteiger charge is 2.28. The van der Waals surface area contributed by atoms with Gasteiger partial charge in [-0.05, 0) is 31.9 Å². The molecule has 0 N–H and O–H groups in total. The summed E-state index contributed by atoms with van der Waals surface area (Å²) in [6.07, 6.45) is 1.41. The number of anilines is 1. The maximum atomic E-state index is 11.8.